The zero-order chi connectivity index (χ0) is 23.6. The number of benzene rings is 1. The van der Waals surface area contributed by atoms with Crippen LogP contribution in [0.3, 0.4) is 0 Å². The molecule has 1 heterocycles. The predicted octanol–water partition coefficient (Wildman–Crippen LogP) is 2.85. The molecular weight excluding hydrogens is 422 g/mol. The Bertz CT molecular complexity index is 1220. The number of phenols is 1. The highest BCUT2D eigenvalue weighted by molar-refractivity contribution is 6.23. The van der Waals surface area contributed by atoms with Gasteiger partial charge in [-0.15, -0.1) is 0 Å². The van der Waals surface area contributed by atoms with Crippen LogP contribution < -0.4 is 4.74 Å². The molecule has 0 spiro atoms. The van der Waals surface area contributed by atoms with Gasteiger partial charge in [0.15, 0.2) is 23.1 Å². The molecule has 170 valence electrons. The van der Waals surface area contributed by atoms with Gasteiger partial charge >= 0.3 is 0 Å². The first-order chi connectivity index (χ1) is 15.7. The van der Waals surface area contributed by atoms with Gasteiger partial charge in [0.2, 0.25) is 11.8 Å². The number of carbonyl (C=O) groups excluding carboxylic acids is 4. The van der Waals surface area contributed by atoms with E-state index in [2.05, 4.69) is 0 Å². The van der Waals surface area contributed by atoms with E-state index in [0.29, 0.717) is 41.1 Å². The smallest absolute Gasteiger partial charge is 0.233 e. The minimum absolute atomic E-state index is 0.0140. The molecule has 1 N–H and O–H groups in total. The fourth-order valence-electron chi connectivity index (χ4n) is 5.90. The molecule has 1 aromatic carbocycles. The number of ether oxygens (including phenoxy) is 1. The van der Waals surface area contributed by atoms with Crippen LogP contribution in [-0.4, -0.2) is 47.0 Å². The molecule has 4 aliphatic rings. The van der Waals surface area contributed by atoms with Crippen molar-refractivity contribution in [3.63, 3.8) is 0 Å². The maximum absolute atomic E-state index is 13.2. The van der Waals surface area contributed by atoms with Crippen LogP contribution in [0.4, 0.5) is 0 Å². The summed E-state index contributed by atoms with van der Waals surface area (Å²) in [5.41, 5.74) is 2.81. The lowest BCUT2D eigenvalue weighted by Crippen LogP contribution is -2.39. The molecule has 4 atom stereocenters. The van der Waals surface area contributed by atoms with Crippen molar-refractivity contribution in [2.45, 2.75) is 32.6 Å². The van der Waals surface area contributed by atoms with Crippen molar-refractivity contribution in [3.05, 3.63) is 58.2 Å². The number of phenolic OH excluding ortho intramolecular Hbond substituents is 1. The molecule has 1 saturated heterocycles. The zero-order valence-corrected chi connectivity index (χ0v) is 18.8. The van der Waals surface area contributed by atoms with E-state index in [-0.39, 0.29) is 41.5 Å². The average molecular weight is 447 g/mol. The Balaban J connectivity index is 1.71. The van der Waals surface area contributed by atoms with Crippen molar-refractivity contribution in [2.75, 3.05) is 13.7 Å². The highest BCUT2D eigenvalue weighted by Crippen LogP contribution is 2.55. The number of amides is 2. The number of likely N-dealkylation sites (tertiary alicyclic amines) is 1. The first-order valence-corrected chi connectivity index (χ1v) is 11.2. The lowest BCUT2D eigenvalue weighted by atomic mass is 9.59. The number of hydrogen-bond donors (Lipinski definition) is 1. The van der Waals surface area contributed by atoms with Crippen molar-refractivity contribution in [2.24, 2.45) is 17.8 Å². The summed E-state index contributed by atoms with van der Waals surface area (Å²) in [5, 5.41) is 10.2. The molecule has 33 heavy (non-hydrogen) atoms. The minimum Gasteiger partial charge on any atom is -0.504 e. The molecule has 1 fully saturated rings. The van der Waals surface area contributed by atoms with Crippen molar-refractivity contribution in [1.82, 2.24) is 4.90 Å². The topological polar surface area (TPSA) is 101 Å². The highest BCUT2D eigenvalue weighted by Gasteiger charge is 2.55. The Morgan fingerprint density at radius 2 is 1.88 bits per heavy atom. The van der Waals surface area contributed by atoms with Crippen LogP contribution in [0.15, 0.2) is 52.6 Å². The van der Waals surface area contributed by atoms with Crippen LogP contribution in [0.5, 0.6) is 11.5 Å². The van der Waals surface area contributed by atoms with Crippen molar-refractivity contribution in [1.29, 1.82) is 0 Å². The van der Waals surface area contributed by atoms with Crippen LogP contribution in [0, 0.1) is 17.8 Å². The van der Waals surface area contributed by atoms with Crippen molar-refractivity contribution in [3.8, 4) is 11.5 Å². The number of hydrogen-bond acceptors (Lipinski definition) is 6. The highest BCUT2D eigenvalue weighted by atomic mass is 16.5. The molecule has 1 aliphatic heterocycles. The lowest BCUT2D eigenvalue weighted by Gasteiger charge is -2.42. The third kappa shape index (κ3) is 3.02. The second kappa shape index (κ2) is 7.54. The van der Waals surface area contributed by atoms with E-state index >= 15 is 0 Å². The Labute approximate surface area is 191 Å². The first-order valence-electron chi connectivity index (χ1n) is 11.2. The van der Waals surface area contributed by atoms with Gasteiger partial charge in [0.05, 0.1) is 18.4 Å². The van der Waals surface area contributed by atoms with Gasteiger partial charge < -0.3 is 9.84 Å². The summed E-state index contributed by atoms with van der Waals surface area (Å²) >= 11 is 0. The van der Waals surface area contributed by atoms with E-state index in [4.69, 9.17) is 4.74 Å². The van der Waals surface area contributed by atoms with E-state index in [0.717, 1.165) is 5.57 Å². The summed E-state index contributed by atoms with van der Waals surface area (Å²) in [6.45, 7) is 3.79. The molecule has 0 unspecified atom stereocenters. The standard InChI is InChI=1S/C26H25NO6/c1-4-33-20-10-13(5-8-18(20)28)21-14-6-7-15-22(26(32)27(3)25(15)31)16(14)11-17-23(21)19(29)9-12(2)24(17)30/h5-6,8-10,15-16,21-22,28H,4,7,11H2,1-3H3/t15-,16+,21-,22-/m0/s1. The molecule has 0 radical (unpaired) electrons. The monoisotopic (exact) mass is 447 g/mol. The Kier molecular flexibility index (Phi) is 4.88. The number of nitrogens with zero attached hydrogens (tertiary/aromatic N) is 1. The summed E-state index contributed by atoms with van der Waals surface area (Å²) in [4.78, 5) is 53.3. The molecule has 3 aliphatic carbocycles. The molecule has 7 nitrogen and oxygen atoms in total. The zero-order valence-electron chi connectivity index (χ0n) is 18.8. The summed E-state index contributed by atoms with van der Waals surface area (Å²) in [7, 11) is 1.50. The van der Waals surface area contributed by atoms with E-state index in [1.165, 1.54) is 24.1 Å². The lowest BCUT2D eigenvalue weighted by molar-refractivity contribution is -0.138. The van der Waals surface area contributed by atoms with Gasteiger partial charge in [-0.05, 0) is 56.4 Å². The molecule has 0 aromatic heterocycles. The summed E-state index contributed by atoms with van der Waals surface area (Å²) in [5.74, 6) is -2.43. The number of Topliss-reactive ketones (excluding diaryl/α,β-unsaturated/α-hetero) is 1. The molecule has 0 saturated carbocycles. The van der Waals surface area contributed by atoms with Gasteiger partial charge in [0.1, 0.15) is 0 Å². The number of ketones is 2. The molecule has 1 aromatic rings. The van der Waals surface area contributed by atoms with Gasteiger partial charge in [0.25, 0.3) is 0 Å². The van der Waals surface area contributed by atoms with Crippen LogP contribution in [-0.2, 0) is 19.2 Å². The fraction of sp³-hybridized carbons (Fsp3) is 0.385. The third-order valence-corrected chi connectivity index (χ3v) is 7.40. The van der Waals surface area contributed by atoms with Crippen LogP contribution in [0.2, 0.25) is 0 Å². The fourth-order valence-corrected chi connectivity index (χ4v) is 5.90. The maximum atomic E-state index is 13.2. The first kappa shape index (κ1) is 21.4. The molecule has 5 rings (SSSR count). The summed E-state index contributed by atoms with van der Waals surface area (Å²) in [6, 6.07) is 4.93. The Morgan fingerprint density at radius 3 is 2.61 bits per heavy atom. The number of aromatic hydroxyl groups is 1. The number of fused-ring (bicyclic) bond motifs is 3. The van der Waals surface area contributed by atoms with Crippen molar-refractivity contribution >= 4 is 23.4 Å². The Morgan fingerprint density at radius 1 is 1.12 bits per heavy atom. The van der Waals surface area contributed by atoms with Crippen molar-refractivity contribution < 1.29 is 29.0 Å². The number of allylic oxidation sites excluding steroid dienone is 6. The van der Waals surface area contributed by atoms with E-state index in [1.54, 1.807) is 19.1 Å². The summed E-state index contributed by atoms with van der Waals surface area (Å²) < 4.78 is 5.56. The maximum Gasteiger partial charge on any atom is 0.233 e. The van der Waals surface area contributed by atoms with Gasteiger partial charge in [0, 0.05) is 29.7 Å². The predicted molar refractivity (Wildman–Crippen MR) is 118 cm³/mol. The Hall–Kier alpha value is -3.48. The van der Waals surface area contributed by atoms with Crippen LogP contribution >= 0.6 is 0 Å². The van der Waals surface area contributed by atoms with Crippen LogP contribution in [0.25, 0.3) is 0 Å². The van der Waals surface area contributed by atoms with E-state index < -0.39 is 17.8 Å². The number of carbonyl (C=O) groups is 4. The summed E-state index contributed by atoms with van der Waals surface area (Å²) in [6.07, 6.45) is 4.03. The molecular formula is C26H25NO6. The second-order valence-electron chi connectivity index (χ2n) is 9.12. The van der Waals surface area contributed by atoms with E-state index in [1.807, 2.05) is 13.0 Å². The van der Waals surface area contributed by atoms with Gasteiger partial charge in [-0.2, -0.15) is 0 Å². The molecule has 7 heteroatoms. The normalized spacial score (nSPS) is 28.9. The van der Waals surface area contributed by atoms with Gasteiger partial charge in [-0.3, -0.25) is 24.1 Å². The van der Waals surface area contributed by atoms with Gasteiger partial charge in [-0.1, -0.05) is 17.7 Å². The third-order valence-electron chi connectivity index (χ3n) is 7.40. The molecule has 0 bridgehead atoms. The van der Waals surface area contributed by atoms with Crippen LogP contribution in [0.1, 0.15) is 38.2 Å². The van der Waals surface area contributed by atoms with Gasteiger partial charge in [-0.25, -0.2) is 0 Å². The quantitative estimate of drug-likeness (QED) is 0.434. The molecule has 2 amide bonds. The average Bonchev–Trinajstić information content (AvgIpc) is 3.02. The van der Waals surface area contributed by atoms with E-state index in [9.17, 15) is 24.3 Å². The number of imide groups is 1. The number of rotatable bonds is 3. The SMILES string of the molecule is CCOc1cc([C@H]2C3=CC[C@@H]4C(=O)N(C)C(=O)[C@@H]4[C@@H]3CC3=C2C(=O)C=C(C)C3=O)ccc1O. The minimum atomic E-state index is -0.547. The second-order valence-corrected chi connectivity index (χ2v) is 9.12. The largest absolute Gasteiger partial charge is 0.504 e.